The van der Waals surface area contributed by atoms with Crippen LogP contribution in [0.5, 0.6) is 0 Å². The highest BCUT2D eigenvalue weighted by Gasteiger charge is 2.23. The van der Waals surface area contributed by atoms with Gasteiger partial charge < -0.3 is 5.32 Å². The number of nitrogens with one attached hydrogen (secondary N) is 1. The van der Waals surface area contributed by atoms with E-state index >= 15 is 0 Å². The molecule has 2 rings (SSSR count). The van der Waals surface area contributed by atoms with Gasteiger partial charge >= 0.3 is 0 Å². The second kappa shape index (κ2) is 3.40. The van der Waals surface area contributed by atoms with E-state index in [-0.39, 0.29) is 17.6 Å². The molecule has 2 nitrogen and oxygen atoms in total. The molecular weight excluding hydrogens is 181 g/mol. The zero-order valence-corrected chi connectivity index (χ0v) is 8.01. The number of aryl methyl sites for hydroxylation is 1. The largest absolute Gasteiger partial charge is 0.355 e. The van der Waals surface area contributed by atoms with Gasteiger partial charge in [0.25, 0.3) is 0 Å². The van der Waals surface area contributed by atoms with Crippen LogP contribution in [-0.4, -0.2) is 12.5 Å². The van der Waals surface area contributed by atoms with E-state index in [1.54, 1.807) is 13.0 Å². The van der Waals surface area contributed by atoms with Crippen molar-refractivity contribution in [3.05, 3.63) is 35.1 Å². The second-order valence-corrected chi connectivity index (χ2v) is 3.71. The molecule has 1 fully saturated rings. The highest BCUT2D eigenvalue weighted by Crippen LogP contribution is 2.24. The first-order valence-electron chi connectivity index (χ1n) is 4.69. The van der Waals surface area contributed by atoms with Crippen LogP contribution in [0.2, 0.25) is 0 Å². The van der Waals surface area contributed by atoms with Gasteiger partial charge in [0.1, 0.15) is 5.82 Å². The summed E-state index contributed by atoms with van der Waals surface area (Å²) in [6, 6.07) is 5.18. The van der Waals surface area contributed by atoms with Crippen molar-refractivity contribution in [1.29, 1.82) is 0 Å². The van der Waals surface area contributed by atoms with E-state index in [0.717, 1.165) is 5.56 Å². The molecule has 0 spiro atoms. The third kappa shape index (κ3) is 1.62. The van der Waals surface area contributed by atoms with Crippen molar-refractivity contribution in [3.8, 4) is 0 Å². The number of amides is 1. The number of halogens is 1. The lowest BCUT2D eigenvalue weighted by molar-refractivity contribution is -0.119. The standard InChI is InChI=1S/C11H12FNO/c1-7-2-3-8(4-10(7)12)9-5-11(14)13-6-9/h2-4,9H,5-6H2,1H3,(H,13,14). The summed E-state index contributed by atoms with van der Waals surface area (Å²) in [5.41, 5.74) is 1.55. The first-order valence-corrected chi connectivity index (χ1v) is 4.69. The third-order valence-electron chi connectivity index (χ3n) is 2.64. The fraction of sp³-hybridized carbons (Fsp3) is 0.364. The summed E-state index contributed by atoms with van der Waals surface area (Å²) in [4.78, 5) is 11.0. The Kier molecular flexibility index (Phi) is 2.23. The summed E-state index contributed by atoms with van der Waals surface area (Å²) in [7, 11) is 0. The van der Waals surface area contributed by atoms with E-state index in [2.05, 4.69) is 5.32 Å². The van der Waals surface area contributed by atoms with Crippen LogP contribution in [0.15, 0.2) is 18.2 Å². The molecule has 1 aliphatic rings. The van der Waals surface area contributed by atoms with Gasteiger partial charge in [-0.25, -0.2) is 4.39 Å². The van der Waals surface area contributed by atoms with Gasteiger partial charge in [-0.2, -0.15) is 0 Å². The lowest BCUT2D eigenvalue weighted by Gasteiger charge is -2.08. The quantitative estimate of drug-likeness (QED) is 0.723. The molecule has 1 amide bonds. The molecule has 1 aromatic rings. The van der Waals surface area contributed by atoms with Crippen LogP contribution in [0.3, 0.4) is 0 Å². The average Bonchev–Trinajstić information content (AvgIpc) is 2.57. The van der Waals surface area contributed by atoms with Crippen LogP contribution in [-0.2, 0) is 4.79 Å². The van der Waals surface area contributed by atoms with Crippen LogP contribution >= 0.6 is 0 Å². The molecular formula is C11H12FNO. The first-order chi connectivity index (χ1) is 6.66. The van der Waals surface area contributed by atoms with Crippen LogP contribution in [0, 0.1) is 12.7 Å². The molecule has 1 unspecified atom stereocenters. The average molecular weight is 193 g/mol. The minimum atomic E-state index is -0.193. The molecule has 0 saturated carbocycles. The Bertz CT molecular complexity index is 376. The van der Waals surface area contributed by atoms with Crippen LogP contribution in [0.25, 0.3) is 0 Å². The monoisotopic (exact) mass is 193 g/mol. The van der Waals surface area contributed by atoms with Crippen molar-refractivity contribution in [3.63, 3.8) is 0 Å². The SMILES string of the molecule is Cc1ccc(C2CNC(=O)C2)cc1F. The Hall–Kier alpha value is -1.38. The van der Waals surface area contributed by atoms with Crippen molar-refractivity contribution < 1.29 is 9.18 Å². The fourth-order valence-electron chi connectivity index (χ4n) is 1.70. The zero-order chi connectivity index (χ0) is 10.1. The highest BCUT2D eigenvalue weighted by atomic mass is 19.1. The third-order valence-corrected chi connectivity index (χ3v) is 2.64. The van der Waals surface area contributed by atoms with Crippen LogP contribution in [0.4, 0.5) is 4.39 Å². The van der Waals surface area contributed by atoms with Crippen molar-refractivity contribution >= 4 is 5.91 Å². The van der Waals surface area contributed by atoms with Crippen LogP contribution in [0.1, 0.15) is 23.5 Å². The Labute approximate surface area is 82.1 Å². The Balaban J connectivity index is 2.24. The number of carbonyl (C=O) groups is 1. The Morgan fingerprint density at radius 2 is 2.29 bits per heavy atom. The number of hydrogen-bond acceptors (Lipinski definition) is 1. The molecule has 0 radical (unpaired) electrons. The van der Waals surface area contributed by atoms with Crippen molar-refractivity contribution in [2.24, 2.45) is 0 Å². The molecule has 0 bridgehead atoms. The summed E-state index contributed by atoms with van der Waals surface area (Å²) in [6.45, 7) is 2.36. The van der Waals surface area contributed by atoms with Gasteiger partial charge in [0.05, 0.1) is 0 Å². The Morgan fingerprint density at radius 1 is 1.50 bits per heavy atom. The molecule has 1 saturated heterocycles. The van der Waals surface area contributed by atoms with Gasteiger partial charge in [-0.05, 0) is 24.1 Å². The minimum absolute atomic E-state index is 0.0518. The maximum atomic E-state index is 13.2. The van der Waals surface area contributed by atoms with E-state index in [4.69, 9.17) is 0 Å². The van der Waals surface area contributed by atoms with E-state index in [0.29, 0.717) is 18.5 Å². The second-order valence-electron chi connectivity index (χ2n) is 3.71. The zero-order valence-electron chi connectivity index (χ0n) is 8.01. The van der Waals surface area contributed by atoms with E-state index < -0.39 is 0 Å². The van der Waals surface area contributed by atoms with E-state index in [9.17, 15) is 9.18 Å². The predicted octanol–water partition coefficient (Wildman–Crippen LogP) is 1.74. The van der Waals surface area contributed by atoms with Gasteiger partial charge in [0.15, 0.2) is 0 Å². The molecule has 74 valence electrons. The molecule has 1 aliphatic heterocycles. The summed E-state index contributed by atoms with van der Waals surface area (Å²) >= 11 is 0. The molecule has 1 aromatic carbocycles. The summed E-state index contributed by atoms with van der Waals surface area (Å²) in [5.74, 6) is -0.00423. The number of benzene rings is 1. The van der Waals surface area contributed by atoms with Crippen molar-refractivity contribution in [1.82, 2.24) is 5.32 Å². The fourth-order valence-corrected chi connectivity index (χ4v) is 1.70. The smallest absolute Gasteiger partial charge is 0.220 e. The van der Waals surface area contributed by atoms with E-state index in [1.807, 2.05) is 6.07 Å². The van der Waals surface area contributed by atoms with Crippen molar-refractivity contribution in [2.45, 2.75) is 19.3 Å². The lowest BCUT2D eigenvalue weighted by atomic mass is 9.97. The first kappa shape index (κ1) is 9.19. The van der Waals surface area contributed by atoms with Crippen LogP contribution < -0.4 is 5.32 Å². The molecule has 1 atom stereocenters. The molecule has 1 heterocycles. The van der Waals surface area contributed by atoms with Gasteiger partial charge in [-0.3, -0.25) is 4.79 Å². The van der Waals surface area contributed by atoms with Gasteiger partial charge in [0.2, 0.25) is 5.91 Å². The topological polar surface area (TPSA) is 29.1 Å². The normalized spacial score (nSPS) is 21.0. The summed E-state index contributed by atoms with van der Waals surface area (Å²) in [5, 5.41) is 2.74. The summed E-state index contributed by atoms with van der Waals surface area (Å²) in [6.07, 6.45) is 0.475. The maximum absolute atomic E-state index is 13.2. The number of rotatable bonds is 1. The van der Waals surface area contributed by atoms with Gasteiger partial charge in [-0.1, -0.05) is 12.1 Å². The molecule has 1 N–H and O–H groups in total. The number of carbonyl (C=O) groups excluding carboxylic acids is 1. The molecule has 3 heteroatoms. The maximum Gasteiger partial charge on any atom is 0.220 e. The predicted molar refractivity (Wildman–Crippen MR) is 51.5 cm³/mol. The number of hydrogen-bond donors (Lipinski definition) is 1. The molecule has 0 aromatic heterocycles. The van der Waals surface area contributed by atoms with E-state index in [1.165, 1.54) is 6.07 Å². The van der Waals surface area contributed by atoms with Gasteiger partial charge in [0, 0.05) is 18.9 Å². The molecule has 0 aliphatic carbocycles. The molecule has 14 heavy (non-hydrogen) atoms. The van der Waals surface area contributed by atoms with Crippen molar-refractivity contribution in [2.75, 3.05) is 6.54 Å². The van der Waals surface area contributed by atoms with Gasteiger partial charge in [-0.15, -0.1) is 0 Å². The minimum Gasteiger partial charge on any atom is -0.355 e. The lowest BCUT2D eigenvalue weighted by Crippen LogP contribution is -2.13. The summed E-state index contributed by atoms with van der Waals surface area (Å²) < 4.78 is 13.2. The highest BCUT2D eigenvalue weighted by molar-refractivity contribution is 5.79. The Morgan fingerprint density at radius 3 is 2.86 bits per heavy atom.